The summed E-state index contributed by atoms with van der Waals surface area (Å²) in [7, 11) is 0. The van der Waals surface area contributed by atoms with Gasteiger partial charge in [-0.1, -0.05) is 0 Å². The lowest BCUT2D eigenvalue weighted by Crippen LogP contribution is -2.34. The largest absolute Gasteiger partial charge is 0.393 e. The van der Waals surface area contributed by atoms with E-state index in [-0.39, 0.29) is 11.7 Å². The molecule has 1 aliphatic carbocycles. The van der Waals surface area contributed by atoms with Gasteiger partial charge in [-0.25, -0.2) is 0 Å². The van der Waals surface area contributed by atoms with Crippen LogP contribution in [-0.2, 0) is 4.74 Å². The summed E-state index contributed by atoms with van der Waals surface area (Å²) in [5, 5.41) is 8.99. The van der Waals surface area contributed by atoms with Crippen LogP contribution in [0.4, 0.5) is 0 Å². The van der Waals surface area contributed by atoms with Gasteiger partial charge in [0.25, 0.3) is 0 Å². The predicted molar refractivity (Wildman–Crippen MR) is 44.4 cm³/mol. The highest BCUT2D eigenvalue weighted by atomic mass is 16.5. The Labute approximate surface area is 68.6 Å². The van der Waals surface area contributed by atoms with E-state index < -0.39 is 0 Å². The molecular formula is C9H18O2. The predicted octanol–water partition coefficient (Wildman–Crippen LogP) is 1.57. The Hall–Kier alpha value is -0.0800. The SMILES string of the molecule is CC(C)(C)OCC1CC(O)C1. The van der Waals surface area contributed by atoms with Crippen molar-refractivity contribution in [1.82, 2.24) is 0 Å². The first-order valence-corrected chi connectivity index (χ1v) is 4.29. The number of hydrogen-bond donors (Lipinski definition) is 1. The van der Waals surface area contributed by atoms with Crippen molar-refractivity contribution >= 4 is 0 Å². The van der Waals surface area contributed by atoms with E-state index in [0.717, 1.165) is 19.4 Å². The van der Waals surface area contributed by atoms with Gasteiger partial charge in [-0.3, -0.25) is 0 Å². The van der Waals surface area contributed by atoms with Gasteiger partial charge in [0.1, 0.15) is 0 Å². The average molecular weight is 158 g/mol. The lowest BCUT2D eigenvalue weighted by atomic mass is 9.83. The minimum absolute atomic E-state index is 0.0272. The quantitative estimate of drug-likeness (QED) is 0.661. The molecule has 0 atom stereocenters. The van der Waals surface area contributed by atoms with Crippen molar-refractivity contribution in [2.45, 2.75) is 45.3 Å². The van der Waals surface area contributed by atoms with Crippen LogP contribution in [0.3, 0.4) is 0 Å². The standard InChI is InChI=1S/C9H18O2/c1-9(2,3)11-6-7-4-8(10)5-7/h7-8,10H,4-6H2,1-3H3. The molecule has 0 unspecified atom stereocenters. The highest BCUT2D eigenvalue weighted by Crippen LogP contribution is 2.28. The van der Waals surface area contributed by atoms with Crippen molar-refractivity contribution in [2.75, 3.05) is 6.61 Å². The molecule has 11 heavy (non-hydrogen) atoms. The van der Waals surface area contributed by atoms with Crippen molar-refractivity contribution in [3.8, 4) is 0 Å². The molecule has 0 heterocycles. The summed E-state index contributed by atoms with van der Waals surface area (Å²) < 4.78 is 5.57. The second-order valence-corrected chi connectivity index (χ2v) is 4.41. The Morgan fingerprint density at radius 1 is 1.36 bits per heavy atom. The summed E-state index contributed by atoms with van der Waals surface area (Å²) >= 11 is 0. The second-order valence-electron chi connectivity index (χ2n) is 4.41. The summed E-state index contributed by atoms with van der Waals surface area (Å²) in [6, 6.07) is 0. The van der Waals surface area contributed by atoms with Crippen LogP contribution in [0.1, 0.15) is 33.6 Å². The molecule has 1 aliphatic rings. The van der Waals surface area contributed by atoms with E-state index in [0.29, 0.717) is 5.92 Å². The third-order valence-corrected chi connectivity index (χ3v) is 1.96. The van der Waals surface area contributed by atoms with Crippen LogP contribution in [0.15, 0.2) is 0 Å². The third kappa shape index (κ3) is 3.21. The first-order chi connectivity index (χ1) is 4.97. The summed E-state index contributed by atoms with van der Waals surface area (Å²) in [5.74, 6) is 0.601. The third-order valence-electron chi connectivity index (χ3n) is 1.96. The van der Waals surface area contributed by atoms with Crippen molar-refractivity contribution in [2.24, 2.45) is 5.92 Å². The summed E-state index contributed by atoms with van der Waals surface area (Å²) in [4.78, 5) is 0. The topological polar surface area (TPSA) is 29.5 Å². The zero-order valence-electron chi connectivity index (χ0n) is 7.63. The Balaban J connectivity index is 2.05. The number of aliphatic hydroxyl groups is 1. The molecule has 0 aromatic carbocycles. The molecule has 1 saturated carbocycles. The van der Waals surface area contributed by atoms with Gasteiger partial charge in [0.2, 0.25) is 0 Å². The Kier molecular flexibility index (Phi) is 2.55. The number of rotatable bonds is 2. The maximum atomic E-state index is 8.99. The molecule has 0 saturated heterocycles. The van der Waals surface area contributed by atoms with Crippen molar-refractivity contribution < 1.29 is 9.84 Å². The van der Waals surface area contributed by atoms with Crippen LogP contribution in [0.2, 0.25) is 0 Å². The van der Waals surface area contributed by atoms with E-state index in [1.54, 1.807) is 0 Å². The van der Waals surface area contributed by atoms with Gasteiger partial charge in [0.15, 0.2) is 0 Å². The van der Waals surface area contributed by atoms with Gasteiger partial charge >= 0.3 is 0 Å². The molecular weight excluding hydrogens is 140 g/mol. The smallest absolute Gasteiger partial charge is 0.0598 e. The van der Waals surface area contributed by atoms with E-state index in [1.807, 2.05) is 0 Å². The van der Waals surface area contributed by atoms with E-state index in [1.165, 1.54) is 0 Å². The Morgan fingerprint density at radius 2 is 1.91 bits per heavy atom. The molecule has 0 aliphatic heterocycles. The molecule has 0 amide bonds. The van der Waals surface area contributed by atoms with Crippen molar-refractivity contribution in [1.29, 1.82) is 0 Å². The van der Waals surface area contributed by atoms with Gasteiger partial charge in [-0.15, -0.1) is 0 Å². The second kappa shape index (κ2) is 3.11. The molecule has 0 spiro atoms. The number of hydrogen-bond acceptors (Lipinski definition) is 2. The minimum Gasteiger partial charge on any atom is -0.393 e. The normalized spacial score (nSPS) is 31.6. The average Bonchev–Trinajstić information content (AvgIpc) is 1.75. The minimum atomic E-state index is -0.0523. The summed E-state index contributed by atoms with van der Waals surface area (Å²) in [5.41, 5.74) is -0.0272. The molecule has 66 valence electrons. The molecule has 0 bridgehead atoms. The highest BCUT2D eigenvalue weighted by molar-refractivity contribution is 4.78. The van der Waals surface area contributed by atoms with E-state index in [2.05, 4.69) is 20.8 Å². The Morgan fingerprint density at radius 3 is 2.27 bits per heavy atom. The van der Waals surface area contributed by atoms with Gasteiger partial charge in [-0.05, 0) is 39.5 Å². The maximum Gasteiger partial charge on any atom is 0.0598 e. The molecule has 1 fully saturated rings. The fourth-order valence-corrected chi connectivity index (χ4v) is 1.20. The molecule has 1 N–H and O–H groups in total. The first kappa shape index (κ1) is 9.01. The molecule has 2 nitrogen and oxygen atoms in total. The first-order valence-electron chi connectivity index (χ1n) is 4.29. The zero-order chi connectivity index (χ0) is 8.48. The van der Waals surface area contributed by atoms with Gasteiger partial charge < -0.3 is 9.84 Å². The summed E-state index contributed by atoms with van der Waals surface area (Å²) in [6.07, 6.45) is 1.80. The fourth-order valence-electron chi connectivity index (χ4n) is 1.20. The number of aliphatic hydroxyl groups excluding tert-OH is 1. The van der Waals surface area contributed by atoms with Crippen molar-refractivity contribution in [3.05, 3.63) is 0 Å². The molecule has 0 radical (unpaired) electrons. The highest BCUT2D eigenvalue weighted by Gasteiger charge is 2.28. The lowest BCUT2D eigenvalue weighted by molar-refractivity contribution is -0.0651. The molecule has 0 aromatic heterocycles. The zero-order valence-corrected chi connectivity index (χ0v) is 7.63. The van der Waals surface area contributed by atoms with Gasteiger partial charge in [-0.2, -0.15) is 0 Å². The van der Waals surface area contributed by atoms with E-state index >= 15 is 0 Å². The van der Waals surface area contributed by atoms with Crippen LogP contribution < -0.4 is 0 Å². The molecule has 1 rings (SSSR count). The maximum absolute atomic E-state index is 8.99. The van der Waals surface area contributed by atoms with Crippen LogP contribution in [-0.4, -0.2) is 23.4 Å². The molecule has 2 heteroatoms. The number of ether oxygens (including phenoxy) is 1. The van der Waals surface area contributed by atoms with Gasteiger partial charge in [0.05, 0.1) is 18.3 Å². The fraction of sp³-hybridized carbons (Fsp3) is 1.00. The Bertz CT molecular complexity index is 120. The van der Waals surface area contributed by atoms with Crippen molar-refractivity contribution in [3.63, 3.8) is 0 Å². The summed E-state index contributed by atoms with van der Waals surface area (Å²) in [6.45, 7) is 6.98. The monoisotopic (exact) mass is 158 g/mol. The molecule has 0 aromatic rings. The lowest BCUT2D eigenvalue weighted by Gasteiger charge is -2.33. The van der Waals surface area contributed by atoms with Gasteiger partial charge in [0, 0.05) is 0 Å². The van der Waals surface area contributed by atoms with Crippen LogP contribution in [0.25, 0.3) is 0 Å². The van der Waals surface area contributed by atoms with Crippen LogP contribution in [0.5, 0.6) is 0 Å². The van der Waals surface area contributed by atoms with Crippen LogP contribution in [0, 0.1) is 5.92 Å². The van der Waals surface area contributed by atoms with Crippen LogP contribution >= 0.6 is 0 Å². The van der Waals surface area contributed by atoms with E-state index in [9.17, 15) is 0 Å². The van der Waals surface area contributed by atoms with E-state index in [4.69, 9.17) is 9.84 Å².